The lowest BCUT2D eigenvalue weighted by Gasteiger charge is -2.02. The third kappa shape index (κ3) is 2.60. The molecule has 0 bridgehead atoms. The van der Waals surface area contributed by atoms with E-state index in [1.54, 1.807) is 22.7 Å². The van der Waals surface area contributed by atoms with E-state index in [-0.39, 0.29) is 0 Å². The summed E-state index contributed by atoms with van der Waals surface area (Å²) >= 11 is 3.32. The van der Waals surface area contributed by atoms with E-state index in [1.807, 2.05) is 12.1 Å². The normalized spacial score (nSPS) is 10.7. The minimum Gasteiger partial charge on any atom is -0.297 e. The molecule has 0 saturated carbocycles. The largest absolute Gasteiger partial charge is 0.297 e. The molecule has 0 unspecified atom stereocenters. The fraction of sp³-hybridized carbons (Fsp3) is 0.118. The van der Waals surface area contributed by atoms with E-state index in [0.717, 1.165) is 16.0 Å². The van der Waals surface area contributed by atoms with Gasteiger partial charge in [0.05, 0.1) is 4.88 Å². The fourth-order valence-corrected chi connectivity index (χ4v) is 4.20. The fourth-order valence-electron chi connectivity index (χ4n) is 2.29. The number of rotatable bonds is 3. The van der Waals surface area contributed by atoms with Crippen LogP contribution in [0.25, 0.3) is 20.2 Å². The number of hydrogen-bond acceptors (Lipinski definition) is 3. The Bertz CT molecular complexity index is 745. The predicted octanol–water partition coefficient (Wildman–Crippen LogP) is 5.57. The van der Waals surface area contributed by atoms with Crippen LogP contribution in [0, 0.1) is 13.8 Å². The van der Waals surface area contributed by atoms with Gasteiger partial charge in [-0.05, 0) is 43.7 Å². The average Bonchev–Trinajstić information content (AvgIpc) is 3.06. The van der Waals surface area contributed by atoms with Crippen LogP contribution in [0.15, 0.2) is 42.5 Å². The maximum Gasteiger partial charge on any atom is 0.160 e. The topological polar surface area (TPSA) is 17.1 Å². The van der Waals surface area contributed by atoms with Crippen LogP contribution in [0.2, 0.25) is 0 Å². The van der Waals surface area contributed by atoms with Crippen LogP contribution < -0.4 is 0 Å². The standard InChI is InChI=1S/C17H14OS2/c1-11-7-12(2)9-13(8-11)15-5-6-17(20-15)16-4-3-14(10-18)19-16/h3-10H,1-2H3. The smallest absolute Gasteiger partial charge is 0.160 e. The second-order valence-corrected chi connectivity index (χ2v) is 7.06. The van der Waals surface area contributed by atoms with E-state index in [9.17, 15) is 4.79 Å². The Kier molecular flexibility index (Phi) is 3.55. The van der Waals surface area contributed by atoms with Gasteiger partial charge in [0, 0.05) is 14.6 Å². The Balaban J connectivity index is 1.99. The molecule has 20 heavy (non-hydrogen) atoms. The highest BCUT2D eigenvalue weighted by Crippen LogP contribution is 2.37. The lowest BCUT2D eigenvalue weighted by Crippen LogP contribution is -1.79. The van der Waals surface area contributed by atoms with Gasteiger partial charge in [-0.1, -0.05) is 29.3 Å². The highest BCUT2D eigenvalue weighted by molar-refractivity contribution is 7.24. The maximum absolute atomic E-state index is 10.8. The van der Waals surface area contributed by atoms with E-state index in [2.05, 4.69) is 44.2 Å². The molecular weight excluding hydrogens is 284 g/mol. The lowest BCUT2D eigenvalue weighted by molar-refractivity contribution is 0.112. The van der Waals surface area contributed by atoms with Crippen LogP contribution in [-0.4, -0.2) is 6.29 Å². The highest BCUT2D eigenvalue weighted by atomic mass is 32.1. The zero-order valence-electron chi connectivity index (χ0n) is 11.3. The van der Waals surface area contributed by atoms with Crippen molar-refractivity contribution in [2.45, 2.75) is 13.8 Å². The van der Waals surface area contributed by atoms with Crippen LogP contribution in [-0.2, 0) is 0 Å². The van der Waals surface area contributed by atoms with Crippen molar-refractivity contribution in [3.05, 3.63) is 58.5 Å². The second kappa shape index (κ2) is 5.35. The van der Waals surface area contributed by atoms with Crippen LogP contribution in [0.5, 0.6) is 0 Å². The first-order valence-electron chi connectivity index (χ1n) is 6.39. The molecule has 0 aliphatic carbocycles. The Labute approximate surface area is 126 Å². The summed E-state index contributed by atoms with van der Waals surface area (Å²) in [4.78, 5) is 15.2. The first-order valence-corrected chi connectivity index (χ1v) is 8.03. The van der Waals surface area contributed by atoms with Crippen molar-refractivity contribution in [2.75, 3.05) is 0 Å². The quantitative estimate of drug-likeness (QED) is 0.577. The molecule has 0 fully saturated rings. The van der Waals surface area contributed by atoms with E-state index in [0.29, 0.717) is 0 Å². The summed E-state index contributed by atoms with van der Waals surface area (Å²) in [6.07, 6.45) is 0.909. The zero-order chi connectivity index (χ0) is 14.1. The van der Waals surface area contributed by atoms with E-state index < -0.39 is 0 Å². The van der Waals surface area contributed by atoms with Crippen molar-refractivity contribution in [3.8, 4) is 20.2 Å². The predicted molar refractivity (Wildman–Crippen MR) is 87.9 cm³/mol. The molecule has 3 rings (SSSR count). The van der Waals surface area contributed by atoms with Crippen molar-refractivity contribution < 1.29 is 4.79 Å². The average molecular weight is 298 g/mol. The van der Waals surface area contributed by atoms with E-state index >= 15 is 0 Å². The Morgan fingerprint density at radius 3 is 2.05 bits per heavy atom. The van der Waals surface area contributed by atoms with Gasteiger partial charge in [0.2, 0.25) is 0 Å². The summed E-state index contributed by atoms with van der Waals surface area (Å²) in [7, 11) is 0. The van der Waals surface area contributed by atoms with Crippen LogP contribution in [0.3, 0.4) is 0 Å². The molecular formula is C17H14OS2. The Morgan fingerprint density at radius 2 is 1.40 bits per heavy atom. The first kappa shape index (κ1) is 13.3. The molecule has 0 radical (unpaired) electrons. The third-order valence-electron chi connectivity index (χ3n) is 3.10. The molecule has 3 aromatic rings. The molecule has 0 atom stereocenters. The first-order chi connectivity index (χ1) is 9.65. The van der Waals surface area contributed by atoms with Crippen LogP contribution in [0.4, 0.5) is 0 Å². The number of carbonyl (C=O) groups excluding carboxylic acids is 1. The van der Waals surface area contributed by atoms with Crippen molar-refractivity contribution >= 4 is 29.0 Å². The molecule has 0 aliphatic heterocycles. The maximum atomic E-state index is 10.8. The molecule has 0 saturated heterocycles. The minimum atomic E-state index is 0.779. The number of carbonyl (C=O) groups is 1. The van der Waals surface area contributed by atoms with Gasteiger partial charge in [0.25, 0.3) is 0 Å². The van der Waals surface area contributed by atoms with Gasteiger partial charge in [-0.25, -0.2) is 0 Å². The van der Waals surface area contributed by atoms with Gasteiger partial charge in [0.15, 0.2) is 6.29 Å². The van der Waals surface area contributed by atoms with Gasteiger partial charge in [0.1, 0.15) is 0 Å². The van der Waals surface area contributed by atoms with E-state index in [1.165, 1.54) is 26.4 Å². The molecule has 3 heteroatoms. The van der Waals surface area contributed by atoms with Crippen LogP contribution >= 0.6 is 22.7 Å². The molecule has 0 spiro atoms. The van der Waals surface area contributed by atoms with Gasteiger partial charge in [-0.3, -0.25) is 4.79 Å². The second-order valence-electron chi connectivity index (χ2n) is 4.86. The number of hydrogen-bond donors (Lipinski definition) is 0. The lowest BCUT2D eigenvalue weighted by atomic mass is 10.1. The number of aldehydes is 1. The van der Waals surface area contributed by atoms with Crippen LogP contribution in [0.1, 0.15) is 20.8 Å². The molecule has 0 N–H and O–H groups in total. The van der Waals surface area contributed by atoms with Crippen molar-refractivity contribution in [2.24, 2.45) is 0 Å². The summed E-state index contributed by atoms with van der Waals surface area (Å²) in [6, 6.07) is 14.8. The number of benzene rings is 1. The minimum absolute atomic E-state index is 0.779. The molecule has 100 valence electrons. The van der Waals surface area contributed by atoms with Crippen molar-refractivity contribution in [3.63, 3.8) is 0 Å². The molecule has 1 aromatic carbocycles. The Morgan fingerprint density at radius 1 is 0.800 bits per heavy atom. The van der Waals surface area contributed by atoms with E-state index in [4.69, 9.17) is 0 Å². The summed E-state index contributed by atoms with van der Waals surface area (Å²) in [5.41, 5.74) is 3.84. The van der Waals surface area contributed by atoms with Crippen molar-refractivity contribution in [1.82, 2.24) is 0 Å². The Hall–Kier alpha value is -1.71. The monoisotopic (exact) mass is 298 g/mol. The molecule has 0 amide bonds. The van der Waals surface area contributed by atoms with Gasteiger partial charge in [-0.15, -0.1) is 22.7 Å². The number of thiophene rings is 2. The zero-order valence-corrected chi connectivity index (χ0v) is 13.0. The molecule has 0 aliphatic rings. The summed E-state index contributed by atoms with van der Waals surface area (Å²) < 4.78 is 0. The van der Waals surface area contributed by atoms with Gasteiger partial charge >= 0.3 is 0 Å². The third-order valence-corrected chi connectivity index (χ3v) is 5.44. The summed E-state index contributed by atoms with van der Waals surface area (Å²) in [5.74, 6) is 0. The molecule has 2 aromatic heterocycles. The number of aryl methyl sites for hydroxylation is 2. The van der Waals surface area contributed by atoms with Gasteiger partial charge in [-0.2, -0.15) is 0 Å². The van der Waals surface area contributed by atoms with Gasteiger partial charge < -0.3 is 0 Å². The highest BCUT2D eigenvalue weighted by Gasteiger charge is 2.08. The SMILES string of the molecule is Cc1cc(C)cc(-c2ccc(-c3ccc(C=O)s3)s2)c1. The summed E-state index contributed by atoms with van der Waals surface area (Å²) in [6.45, 7) is 4.25. The van der Waals surface area contributed by atoms with Crippen molar-refractivity contribution in [1.29, 1.82) is 0 Å². The molecule has 1 nitrogen and oxygen atoms in total. The molecule has 2 heterocycles. The summed E-state index contributed by atoms with van der Waals surface area (Å²) in [5, 5.41) is 0.